The van der Waals surface area contributed by atoms with Crippen LogP contribution in [0, 0.1) is 0 Å². The zero-order valence-electron chi connectivity index (χ0n) is 19.9. The molecule has 2 amide bonds. The monoisotopic (exact) mass is 694 g/mol. The van der Waals surface area contributed by atoms with Crippen molar-refractivity contribution in [2.45, 2.75) is 41.6 Å². The molecule has 182 valence electrons. The molecule has 35 heavy (non-hydrogen) atoms. The molecule has 3 aromatic carbocycles. The topological polar surface area (TPSA) is 79.2 Å². The minimum atomic E-state index is -0.327. The Morgan fingerprint density at radius 1 is 0.971 bits per heavy atom. The summed E-state index contributed by atoms with van der Waals surface area (Å²) in [7, 11) is 0. The number of halogens is 2. The van der Waals surface area contributed by atoms with Gasteiger partial charge in [-0.3, -0.25) is 5.32 Å². The molecule has 0 bridgehead atoms. The first-order chi connectivity index (χ1) is 16.7. The molecule has 1 heterocycles. The van der Waals surface area contributed by atoms with Gasteiger partial charge in [-0.05, 0) is 45.7 Å². The molecule has 4 rings (SSSR count). The minimum absolute atomic E-state index is 0.0861. The van der Waals surface area contributed by atoms with Crippen molar-refractivity contribution in [2.75, 3.05) is 10.6 Å². The second kappa shape index (κ2) is 10.8. The van der Waals surface area contributed by atoms with Crippen LogP contribution in [-0.4, -0.2) is 20.9 Å². The average Bonchev–Trinajstić information content (AvgIpc) is 3.27. The molecule has 0 aliphatic heterocycles. The molecule has 1 aromatic heterocycles. The Balaban J connectivity index is 1.73. The highest BCUT2D eigenvalue weighted by Gasteiger charge is 2.22. The molecule has 0 saturated carbocycles. The first-order valence-electron chi connectivity index (χ1n) is 11.3. The number of urea groups is 1. The Kier molecular flexibility index (Phi) is 8.02. The molecule has 8 heteroatoms. The van der Waals surface area contributed by atoms with Gasteiger partial charge in [-0.1, -0.05) is 102 Å². The Morgan fingerprint density at radius 3 is 2.43 bits per heavy atom. The fraction of sp³-hybridized carbons (Fsp3) is 0.259. The van der Waals surface area contributed by atoms with E-state index in [9.17, 15) is 9.90 Å². The van der Waals surface area contributed by atoms with Crippen molar-refractivity contribution in [3.8, 4) is 5.69 Å². The van der Waals surface area contributed by atoms with Crippen molar-refractivity contribution >= 4 is 73.5 Å². The predicted octanol–water partition coefficient (Wildman–Crippen LogP) is 7.33. The number of fused-ring (bicyclic) bond motifs is 1. The largest absolute Gasteiger partial charge is 0.392 e. The van der Waals surface area contributed by atoms with Crippen LogP contribution in [0.2, 0.25) is 0 Å². The summed E-state index contributed by atoms with van der Waals surface area (Å²) in [5.41, 5.74) is 5.38. The van der Waals surface area contributed by atoms with Crippen molar-refractivity contribution in [3.63, 3.8) is 0 Å². The number of nitrogens with zero attached hydrogens (tertiary/aromatic N) is 2. The number of aromatic nitrogens is 2. The van der Waals surface area contributed by atoms with Gasteiger partial charge in [0.15, 0.2) is 0 Å². The first kappa shape index (κ1) is 25.9. The Bertz CT molecular complexity index is 1380. The van der Waals surface area contributed by atoms with Gasteiger partial charge in [0, 0.05) is 26.0 Å². The van der Waals surface area contributed by atoms with Gasteiger partial charge < -0.3 is 10.4 Å². The summed E-state index contributed by atoms with van der Waals surface area (Å²) < 4.78 is 3.43. The third kappa shape index (κ3) is 5.64. The Morgan fingerprint density at radius 2 is 1.74 bits per heavy atom. The first-order valence-corrected chi connectivity index (χ1v) is 14.3. The van der Waals surface area contributed by atoms with Crippen LogP contribution in [0.25, 0.3) is 16.5 Å². The lowest BCUT2D eigenvalue weighted by atomic mass is 9.92. The SMILES string of the molecule is CC(C)(C)c1cc(NC(=O)Nc2cccc(CI)c2CI)n(-c2cc(CO)c3ccccc3c2)n1. The molecule has 0 atom stereocenters. The quantitative estimate of drug-likeness (QED) is 0.146. The number of benzene rings is 3. The molecule has 0 radical (unpaired) electrons. The third-order valence-electron chi connectivity index (χ3n) is 5.87. The number of nitrogens with one attached hydrogen (secondary N) is 2. The number of carbonyl (C=O) groups excluding carboxylic acids is 1. The van der Waals surface area contributed by atoms with Crippen LogP contribution in [0.3, 0.4) is 0 Å². The van der Waals surface area contributed by atoms with E-state index in [2.05, 4.69) is 82.7 Å². The van der Waals surface area contributed by atoms with Gasteiger partial charge in [0.2, 0.25) is 0 Å². The van der Waals surface area contributed by atoms with E-state index in [4.69, 9.17) is 5.10 Å². The molecular formula is C27H28I2N4O2. The summed E-state index contributed by atoms with van der Waals surface area (Å²) in [5.74, 6) is 0.563. The highest BCUT2D eigenvalue weighted by atomic mass is 127. The molecule has 0 unspecified atom stereocenters. The molecule has 0 aliphatic carbocycles. The summed E-state index contributed by atoms with van der Waals surface area (Å²) >= 11 is 4.67. The van der Waals surface area contributed by atoms with Gasteiger partial charge in [0.1, 0.15) is 5.82 Å². The average molecular weight is 694 g/mol. The van der Waals surface area contributed by atoms with Gasteiger partial charge in [0.05, 0.1) is 18.0 Å². The number of rotatable bonds is 6. The van der Waals surface area contributed by atoms with E-state index in [-0.39, 0.29) is 18.1 Å². The number of carbonyl (C=O) groups is 1. The summed E-state index contributed by atoms with van der Waals surface area (Å²) in [4.78, 5) is 13.1. The fourth-order valence-electron chi connectivity index (χ4n) is 3.96. The second-order valence-electron chi connectivity index (χ2n) is 9.35. The van der Waals surface area contributed by atoms with Crippen LogP contribution in [0.1, 0.15) is 43.2 Å². The van der Waals surface area contributed by atoms with E-state index < -0.39 is 0 Å². The molecular weight excluding hydrogens is 666 g/mol. The normalized spacial score (nSPS) is 11.6. The summed E-state index contributed by atoms with van der Waals surface area (Å²) in [6, 6.07) is 19.4. The number of aliphatic hydroxyl groups is 1. The van der Waals surface area contributed by atoms with Crippen LogP contribution in [-0.2, 0) is 20.9 Å². The van der Waals surface area contributed by atoms with E-state index in [0.29, 0.717) is 5.82 Å². The van der Waals surface area contributed by atoms with Crippen LogP contribution in [0.4, 0.5) is 16.3 Å². The van der Waals surface area contributed by atoms with E-state index in [1.165, 1.54) is 5.56 Å². The standard InChI is InChI=1S/C27H28I2N4O2/c1-27(2,3)24-13-25(31-26(35)30-23-10-6-8-18(14-28)22(23)15-29)33(32-24)20-11-17-7-4-5-9-21(17)19(12-20)16-34/h4-13,34H,14-16H2,1-3H3,(H2,30,31,35). The van der Waals surface area contributed by atoms with Crippen LogP contribution in [0.5, 0.6) is 0 Å². The van der Waals surface area contributed by atoms with E-state index in [1.807, 2.05) is 54.6 Å². The maximum atomic E-state index is 13.1. The van der Waals surface area contributed by atoms with Gasteiger partial charge in [0.25, 0.3) is 0 Å². The molecule has 0 saturated heterocycles. The summed E-state index contributed by atoms with van der Waals surface area (Å²) in [5, 5.41) is 22.9. The lowest BCUT2D eigenvalue weighted by Gasteiger charge is -2.15. The predicted molar refractivity (Wildman–Crippen MR) is 160 cm³/mol. The fourth-order valence-corrected chi connectivity index (χ4v) is 5.58. The van der Waals surface area contributed by atoms with Gasteiger partial charge >= 0.3 is 6.03 Å². The highest BCUT2D eigenvalue weighted by Crippen LogP contribution is 2.30. The molecule has 0 fully saturated rings. The number of hydrogen-bond acceptors (Lipinski definition) is 3. The van der Waals surface area contributed by atoms with Gasteiger partial charge in [-0.2, -0.15) is 5.10 Å². The van der Waals surface area contributed by atoms with Crippen molar-refractivity contribution in [2.24, 2.45) is 0 Å². The molecule has 4 aromatic rings. The number of alkyl halides is 2. The Hall–Kier alpha value is -2.18. The van der Waals surface area contributed by atoms with Crippen LogP contribution >= 0.6 is 45.2 Å². The van der Waals surface area contributed by atoms with Crippen LogP contribution < -0.4 is 10.6 Å². The third-order valence-corrected chi connectivity index (χ3v) is 7.45. The van der Waals surface area contributed by atoms with Crippen molar-refractivity contribution in [1.29, 1.82) is 0 Å². The van der Waals surface area contributed by atoms with Crippen LogP contribution in [0.15, 0.2) is 60.7 Å². The van der Waals surface area contributed by atoms with E-state index in [1.54, 1.807) is 4.68 Å². The van der Waals surface area contributed by atoms with Crippen molar-refractivity contribution in [1.82, 2.24) is 9.78 Å². The molecule has 0 spiro atoms. The molecule has 6 nitrogen and oxygen atoms in total. The minimum Gasteiger partial charge on any atom is -0.392 e. The highest BCUT2D eigenvalue weighted by molar-refractivity contribution is 14.1. The lowest BCUT2D eigenvalue weighted by molar-refractivity contribution is 0.262. The van der Waals surface area contributed by atoms with Crippen molar-refractivity contribution in [3.05, 3.63) is 83.0 Å². The zero-order chi connectivity index (χ0) is 25.2. The summed E-state index contributed by atoms with van der Waals surface area (Å²) in [6.45, 7) is 6.18. The van der Waals surface area contributed by atoms with Gasteiger partial charge in [-0.25, -0.2) is 9.48 Å². The van der Waals surface area contributed by atoms with E-state index in [0.717, 1.165) is 47.8 Å². The summed E-state index contributed by atoms with van der Waals surface area (Å²) in [6.07, 6.45) is 0. The smallest absolute Gasteiger partial charge is 0.324 e. The maximum absolute atomic E-state index is 13.1. The maximum Gasteiger partial charge on any atom is 0.324 e. The van der Waals surface area contributed by atoms with Gasteiger partial charge in [-0.15, -0.1) is 0 Å². The number of amides is 2. The number of hydrogen-bond donors (Lipinski definition) is 3. The number of anilines is 2. The van der Waals surface area contributed by atoms with Crippen molar-refractivity contribution < 1.29 is 9.90 Å². The zero-order valence-corrected chi connectivity index (χ0v) is 24.2. The second-order valence-corrected chi connectivity index (χ2v) is 10.9. The number of aliphatic hydroxyl groups excluding tert-OH is 1. The molecule has 0 aliphatic rings. The lowest BCUT2D eigenvalue weighted by Crippen LogP contribution is -2.22. The van der Waals surface area contributed by atoms with E-state index >= 15 is 0 Å². The Labute approximate surface area is 232 Å². The molecule has 3 N–H and O–H groups in total.